The van der Waals surface area contributed by atoms with Crippen LogP contribution < -0.4 is 21.9 Å². The van der Waals surface area contributed by atoms with Crippen molar-refractivity contribution in [1.82, 2.24) is 19.9 Å². The summed E-state index contributed by atoms with van der Waals surface area (Å²) < 4.78 is 7.03. The lowest BCUT2D eigenvalue weighted by molar-refractivity contribution is 0.102. The molecule has 0 atom stereocenters. The van der Waals surface area contributed by atoms with E-state index in [9.17, 15) is 4.79 Å². The van der Waals surface area contributed by atoms with E-state index in [1.165, 1.54) is 11.2 Å². The number of carbonyl (C=O) groups excluding carboxylic acids is 1. The Bertz CT molecular complexity index is 1140. The van der Waals surface area contributed by atoms with E-state index in [2.05, 4.69) is 20.6 Å². The maximum Gasteiger partial charge on any atom is 0.258 e. The minimum atomic E-state index is -0.379. The van der Waals surface area contributed by atoms with Crippen LogP contribution in [0.25, 0.3) is 5.70 Å². The van der Waals surface area contributed by atoms with E-state index in [0.717, 1.165) is 11.3 Å². The molecule has 0 aliphatic rings. The highest BCUT2D eigenvalue weighted by atomic mass is 16.5. The summed E-state index contributed by atoms with van der Waals surface area (Å²) >= 11 is 0. The Balaban J connectivity index is 1.82. The number of nitrogens with one attached hydrogen (secondary N) is 1. The van der Waals surface area contributed by atoms with Gasteiger partial charge in [0, 0.05) is 42.2 Å². The number of nitrogens with zero attached hydrogens (tertiary/aromatic N) is 5. The van der Waals surface area contributed by atoms with Crippen molar-refractivity contribution in [2.45, 2.75) is 40.0 Å². The van der Waals surface area contributed by atoms with Crippen molar-refractivity contribution >= 4 is 23.1 Å². The second-order valence-electron chi connectivity index (χ2n) is 8.37. The second-order valence-corrected chi connectivity index (χ2v) is 8.37. The molecule has 10 heteroatoms. The summed E-state index contributed by atoms with van der Waals surface area (Å²) in [6.07, 6.45) is 4.72. The van der Waals surface area contributed by atoms with Crippen LogP contribution in [0.1, 0.15) is 53.8 Å². The van der Waals surface area contributed by atoms with Crippen molar-refractivity contribution in [1.29, 1.82) is 0 Å². The molecular weight excluding hydrogens is 396 g/mol. The molecule has 0 fully saturated rings. The number of carbonyl (C=O) groups is 1. The van der Waals surface area contributed by atoms with Gasteiger partial charge >= 0.3 is 0 Å². The third-order valence-electron chi connectivity index (χ3n) is 4.92. The molecule has 31 heavy (non-hydrogen) atoms. The van der Waals surface area contributed by atoms with Crippen molar-refractivity contribution in [3.05, 3.63) is 59.0 Å². The zero-order valence-electron chi connectivity index (χ0n) is 18.6. The predicted molar refractivity (Wildman–Crippen MR) is 119 cm³/mol. The number of aryl methyl sites for hydroxylation is 2. The molecular formula is C21H28N8O2. The van der Waals surface area contributed by atoms with Gasteiger partial charge in [0.05, 0.1) is 28.8 Å². The number of rotatable bonds is 5. The highest BCUT2D eigenvalue weighted by Gasteiger charge is 2.21. The van der Waals surface area contributed by atoms with Gasteiger partial charge in [0.15, 0.2) is 5.82 Å². The van der Waals surface area contributed by atoms with E-state index < -0.39 is 0 Å². The Hall–Kier alpha value is -3.66. The van der Waals surface area contributed by atoms with Crippen molar-refractivity contribution in [3.8, 4) is 0 Å². The third kappa shape index (κ3) is 4.75. The number of aromatic nitrogens is 4. The number of anilines is 2. The highest BCUT2D eigenvalue weighted by Crippen LogP contribution is 2.25. The van der Waals surface area contributed by atoms with Gasteiger partial charge in [-0.15, -0.1) is 0 Å². The fraction of sp³-hybridized carbons (Fsp3) is 0.333. The van der Waals surface area contributed by atoms with E-state index in [4.69, 9.17) is 16.1 Å². The molecule has 3 aromatic heterocycles. The zero-order valence-corrected chi connectivity index (χ0v) is 18.6. The number of hydrazine groups is 1. The summed E-state index contributed by atoms with van der Waals surface area (Å²) in [5, 5.41) is 12.2. The molecule has 10 nitrogen and oxygen atoms in total. The van der Waals surface area contributed by atoms with Crippen LogP contribution in [-0.2, 0) is 12.5 Å². The zero-order chi connectivity index (χ0) is 22.9. The Labute approximate surface area is 180 Å². The molecule has 0 saturated heterocycles. The predicted octanol–water partition coefficient (Wildman–Crippen LogP) is 2.61. The number of hydrogen-bond donors (Lipinski definition) is 3. The summed E-state index contributed by atoms with van der Waals surface area (Å²) in [5.41, 5.74) is 9.61. The van der Waals surface area contributed by atoms with Gasteiger partial charge in [-0.1, -0.05) is 25.9 Å². The molecule has 0 aromatic carbocycles. The van der Waals surface area contributed by atoms with Crippen molar-refractivity contribution in [2.24, 2.45) is 18.6 Å². The molecule has 0 saturated carbocycles. The molecule has 5 N–H and O–H groups in total. The van der Waals surface area contributed by atoms with Gasteiger partial charge in [-0.3, -0.25) is 19.5 Å². The summed E-state index contributed by atoms with van der Waals surface area (Å²) in [6.45, 7) is 9.70. The molecule has 0 bridgehead atoms. The normalized spacial score (nSPS) is 12.2. The molecule has 1 amide bonds. The van der Waals surface area contributed by atoms with Crippen LogP contribution in [-0.4, -0.2) is 25.8 Å². The second kappa shape index (κ2) is 8.23. The Morgan fingerprint density at radius 1 is 1.26 bits per heavy atom. The van der Waals surface area contributed by atoms with Crippen LogP contribution in [0.15, 0.2) is 35.2 Å². The Morgan fingerprint density at radius 3 is 2.55 bits per heavy atom. The topological polar surface area (TPSA) is 141 Å². The molecule has 0 unspecified atom stereocenters. The lowest BCUT2D eigenvalue weighted by Crippen LogP contribution is -2.27. The maximum absolute atomic E-state index is 12.7. The maximum atomic E-state index is 12.7. The van der Waals surface area contributed by atoms with E-state index in [1.807, 2.05) is 34.7 Å². The molecule has 164 valence electrons. The molecule has 3 rings (SSSR count). The fourth-order valence-electron chi connectivity index (χ4n) is 2.85. The molecule has 3 heterocycles. The largest absolute Gasteiger partial charge is 0.397 e. The van der Waals surface area contributed by atoms with Crippen LogP contribution in [0.2, 0.25) is 0 Å². The van der Waals surface area contributed by atoms with Gasteiger partial charge in [0.25, 0.3) is 5.91 Å². The molecule has 0 radical (unpaired) electrons. The summed E-state index contributed by atoms with van der Waals surface area (Å²) in [4.78, 5) is 17.0. The van der Waals surface area contributed by atoms with Crippen LogP contribution in [0.5, 0.6) is 0 Å². The van der Waals surface area contributed by atoms with Gasteiger partial charge in [-0.25, -0.2) is 5.84 Å². The molecule has 0 aliphatic carbocycles. The minimum Gasteiger partial charge on any atom is -0.397 e. The van der Waals surface area contributed by atoms with Crippen molar-refractivity contribution < 1.29 is 9.32 Å². The first-order chi connectivity index (χ1) is 14.5. The SMILES string of the molecule is Cc1ncc(C(=O)Nc2cc(C(C)(C)C)on2)cc1N(N)/C=C(\N)c1cnn(C)c1C. The average molecular weight is 425 g/mol. The molecule has 0 aliphatic heterocycles. The smallest absolute Gasteiger partial charge is 0.258 e. The lowest BCUT2D eigenvalue weighted by Gasteiger charge is -2.18. The summed E-state index contributed by atoms with van der Waals surface area (Å²) in [7, 11) is 1.84. The van der Waals surface area contributed by atoms with Crippen LogP contribution >= 0.6 is 0 Å². The van der Waals surface area contributed by atoms with Gasteiger partial charge < -0.3 is 15.6 Å². The van der Waals surface area contributed by atoms with E-state index >= 15 is 0 Å². The van der Waals surface area contributed by atoms with Crippen LogP contribution in [0.3, 0.4) is 0 Å². The lowest BCUT2D eigenvalue weighted by atomic mass is 9.93. The average Bonchev–Trinajstić information content (AvgIpc) is 3.29. The third-order valence-corrected chi connectivity index (χ3v) is 4.92. The van der Waals surface area contributed by atoms with Crippen LogP contribution in [0, 0.1) is 13.8 Å². The van der Waals surface area contributed by atoms with Gasteiger partial charge in [-0.05, 0) is 19.9 Å². The summed E-state index contributed by atoms with van der Waals surface area (Å²) in [5.74, 6) is 6.84. The summed E-state index contributed by atoms with van der Waals surface area (Å²) in [6, 6.07) is 3.34. The fourth-order valence-corrected chi connectivity index (χ4v) is 2.85. The first-order valence-corrected chi connectivity index (χ1v) is 9.72. The van der Waals surface area contributed by atoms with E-state index in [1.54, 1.807) is 36.1 Å². The van der Waals surface area contributed by atoms with Gasteiger partial charge in [-0.2, -0.15) is 5.10 Å². The first-order valence-electron chi connectivity index (χ1n) is 9.72. The Kier molecular flexibility index (Phi) is 5.85. The number of nitrogens with two attached hydrogens (primary N) is 2. The Morgan fingerprint density at radius 2 is 1.97 bits per heavy atom. The van der Waals surface area contributed by atoms with Crippen molar-refractivity contribution in [3.63, 3.8) is 0 Å². The quantitative estimate of drug-likeness (QED) is 0.419. The van der Waals surface area contributed by atoms with Gasteiger partial charge in [0.1, 0.15) is 5.76 Å². The van der Waals surface area contributed by atoms with Crippen molar-refractivity contribution in [2.75, 3.05) is 10.3 Å². The van der Waals surface area contributed by atoms with E-state index in [-0.39, 0.29) is 11.3 Å². The number of hydrogen-bond acceptors (Lipinski definition) is 8. The number of pyridine rings is 1. The standard InChI is InChI=1S/C21H28N8O2/c1-12-17(29(23)11-16(22)15-10-25-28(6)13(15)2)7-14(9-24-12)20(30)26-19-8-18(31-27-19)21(3,4)5/h7-11H,22-23H2,1-6H3,(H,26,27,30)/b16-11-. The molecule has 3 aromatic rings. The first kappa shape index (κ1) is 22.0. The number of amides is 1. The van der Waals surface area contributed by atoms with Gasteiger partial charge in [0.2, 0.25) is 0 Å². The highest BCUT2D eigenvalue weighted by molar-refractivity contribution is 6.04. The molecule has 0 spiro atoms. The van der Waals surface area contributed by atoms with Crippen LogP contribution in [0.4, 0.5) is 11.5 Å². The minimum absolute atomic E-state index is 0.215. The monoisotopic (exact) mass is 424 g/mol. The van der Waals surface area contributed by atoms with E-state index in [0.29, 0.717) is 34.2 Å².